The zero-order valence-corrected chi connectivity index (χ0v) is 10.2. The molecule has 1 aliphatic rings. The second-order valence-electron chi connectivity index (χ2n) is 3.79. The van der Waals surface area contributed by atoms with Gasteiger partial charge in [0, 0.05) is 0 Å². The van der Waals surface area contributed by atoms with Gasteiger partial charge in [-0.2, -0.15) is 0 Å². The molecule has 2 nitrogen and oxygen atoms in total. The third-order valence-corrected chi connectivity index (χ3v) is 11.1. The third kappa shape index (κ3) is 1.46. The summed E-state index contributed by atoms with van der Waals surface area (Å²) in [5.41, 5.74) is 0. The molecule has 0 aromatic heterocycles. The molecule has 0 N–H and O–H groups in total. The van der Waals surface area contributed by atoms with Crippen LogP contribution in [0.2, 0.25) is 15.6 Å². The van der Waals surface area contributed by atoms with Gasteiger partial charge in [-0.15, -0.1) is 0 Å². The molecule has 0 spiro atoms. The van der Waals surface area contributed by atoms with Crippen molar-refractivity contribution in [2.24, 2.45) is 0 Å². The van der Waals surface area contributed by atoms with Crippen LogP contribution < -0.4 is 0 Å². The van der Waals surface area contributed by atoms with Crippen molar-refractivity contribution in [1.29, 1.82) is 0 Å². The summed E-state index contributed by atoms with van der Waals surface area (Å²) in [6.45, 7) is 4.03. The standard InChI is InChI=1S/C5H9.2C2H5.2CHO.Co/c1-2-4-5-3-1;4*1-2;/h1H,2-5H2;2*1H2,2H3;2*1H;. The Morgan fingerprint density at radius 1 is 1.07 bits per heavy atom. The molecular formula is C11H21CoO2. The Morgan fingerprint density at radius 3 is 1.79 bits per heavy atom. The van der Waals surface area contributed by atoms with Crippen LogP contribution in [0.4, 0.5) is 0 Å². The van der Waals surface area contributed by atoms with E-state index in [0.29, 0.717) is 4.85 Å². The maximum atomic E-state index is 11.5. The Kier molecular flexibility index (Phi) is 3.53. The van der Waals surface area contributed by atoms with Crippen LogP contribution in [0.15, 0.2) is 0 Å². The van der Waals surface area contributed by atoms with Crippen molar-refractivity contribution in [2.75, 3.05) is 0 Å². The van der Waals surface area contributed by atoms with Gasteiger partial charge in [0.15, 0.2) is 0 Å². The SMILES string of the molecule is C[CH2][Co]([CH]=O)([CH]=O)([CH2]C)[CH]1CCCC1. The van der Waals surface area contributed by atoms with Crippen molar-refractivity contribution in [1.82, 2.24) is 0 Å². The van der Waals surface area contributed by atoms with Gasteiger partial charge in [0.25, 0.3) is 0 Å². The molecule has 86 valence electrons. The Balaban J connectivity index is 3.10. The minimum atomic E-state index is -2.63. The van der Waals surface area contributed by atoms with Crippen molar-refractivity contribution in [2.45, 2.75) is 55.1 Å². The predicted octanol–water partition coefficient (Wildman–Crippen LogP) is 3.30. The molecule has 1 aliphatic carbocycles. The van der Waals surface area contributed by atoms with Crippen LogP contribution in [-0.4, -0.2) is 10.4 Å². The van der Waals surface area contributed by atoms with E-state index in [2.05, 4.69) is 0 Å². The molecule has 1 rings (SSSR count). The van der Waals surface area contributed by atoms with E-state index in [1.165, 1.54) is 12.8 Å². The van der Waals surface area contributed by atoms with Crippen molar-refractivity contribution < 1.29 is 21.2 Å². The fraction of sp³-hybridized carbons (Fsp3) is 0.818. The second kappa shape index (κ2) is 4.15. The molecule has 0 bridgehead atoms. The second-order valence-corrected chi connectivity index (χ2v) is 10.7. The fourth-order valence-electron chi connectivity index (χ4n) is 2.27. The average molecular weight is 244 g/mol. The number of hydrogen-bond acceptors (Lipinski definition) is 2. The number of hydrogen-bond donors (Lipinski definition) is 0. The summed E-state index contributed by atoms with van der Waals surface area (Å²) in [6.07, 6.45) is 4.58. The van der Waals surface area contributed by atoms with Crippen LogP contribution in [0.3, 0.4) is 0 Å². The molecule has 0 unspecified atom stereocenters. The van der Waals surface area contributed by atoms with Gasteiger partial charge < -0.3 is 0 Å². The summed E-state index contributed by atoms with van der Waals surface area (Å²) in [4.78, 5) is 23.3. The van der Waals surface area contributed by atoms with Gasteiger partial charge in [0.2, 0.25) is 0 Å². The Bertz CT molecular complexity index is 215. The number of carbonyl (C=O) groups is 2. The molecule has 0 amide bonds. The molecule has 14 heavy (non-hydrogen) atoms. The third-order valence-electron chi connectivity index (χ3n) is 3.51. The first kappa shape index (κ1) is 11.9. The van der Waals surface area contributed by atoms with Crippen LogP contribution in [0.1, 0.15) is 39.5 Å². The van der Waals surface area contributed by atoms with Gasteiger partial charge >= 0.3 is 86.7 Å². The number of rotatable bonds is 5. The monoisotopic (exact) mass is 244 g/mol. The molecule has 0 aromatic rings. The van der Waals surface area contributed by atoms with Crippen molar-refractivity contribution >= 4 is 10.4 Å². The van der Waals surface area contributed by atoms with E-state index in [4.69, 9.17) is 0 Å². The van der Waals surface area contributed by atoms with Crippen molar-refractivity contribution in [3.05, 3.63) is 0 Å². The van der Waals surface area contributed by atoms with Crippen LogP contribution in [0, 0.1) is 0 Å². The average Bonchev–Trinajstić information content (AvgIpc) is 2.78. The summed E-state index contributed by atoms with van der Waals surface area (Å²) >= 11 is -2.63. The molecule has 0 saturated heterocycles. The normalized spacial score (nSPS) is 21.4. The summed E-state index contributed by atoms with van der Waals surface area (Å²) in [5.74, 6) is 0. The first-order valence-corrected chi connectivity index (χ1v) is 8.53. The van der Waals surface area contributed by atoms with E-state index in [1.807, 2.05) is 13.8 Å². The molecule has 1 fully saturated rings. The molecule has 0 radical (unpaired) electrons. The summed E-state index contributed by atoms with van der Waals surface area (Å²) in [5, 5.41) is 3.68. The molecule has 0 aromatic carbocycles. The van der Waals surface area contributed by atoms with Gasteiger partial charge in [0.1, 0.15) is 0 Å². The van der Waals surface area contributed by atoms with Crippen LogP contribution >= 0.6 is 0 Å². The first-order valence-electron chi connectivity index (χ1n) is 5.25. The van der Waals surface area contributed by atoms with E-state index in [0.717, 1.165) is 34.0 Å². The van der Waals surface area contributed by atoms with E-state index in [1.54, 1.807) is 0 Å². The van der Waals surface area contributed by atoms with E-state index >= 15 is 0 Å². The van der Waals surface area contributed by atoms with Gasteiger partial charge in [-0.3, -0.25) is 0 Å². The fourth-order valence-corrected chi connectivity index (χ4v) is 7.12. The molecule has 3 heteroatoms. The topological polar surface area (TPSA) is 34.1 Å². The molecule has 1 saturated carbocycles. The Labute approximate surface area is 87.0 Å². The zero-order chi connectivity index (χ0) is 10.7. The zero-order valence-electron chi connectivity index (χ0n) is 9.12. The molecule has 0 aliphatic heterocycles. The van der Waals surface area contributed by atoms with Gasteiger partial charge in [-0.1, -0.05) is 0 Å². The minimum absolute atomic E-state index is 0.407. The van der Waals surface area contributed by atoms with Crippen LogP contribution in [0.25, 0.3) is 0 Å². The van der Waals surface area contributed by atoms with E-state index in [-0.39, 0.29) is 0 Å². The Morgan fingerprint density at radius 2 is 1.50 bits per heavy atom. The van der Waals surface area contributed by atoms with Gasteiger partial charge in [0.05, 0.1) is 0 Å². The van der Waals surface area contributed by atoms with E-state index in [9.17, 15) is 9.59 Å². The van der Waals surface area contributed by atoms with Crippen LogP contribution in [-0.2, 0) is 21.2 Å². The van der Waals surface area contributed by atoms with Gasteiger partial charge in [-0.25, -0.2) is 0 Å². The quantitative estimate of drug-likeness (QED) is 0.695. The first-order chi connectivity index (χ1) is 6.67. The van der Waals surface area contributed by atoms with Crippen molar-refractivity contribution in [3.63, 3.8) is 0 Å². The predicted molar refractivity (Wildman–Crippen MR) is 56.7 cm³/mol. The summed E-state index contributed by atoms with van der Waals surface area (Å²) < 4.78 is 0. The summed E-state index contributed by atoms with van der Waals surface area (Å²) in [7, 11) is 0. The van der Waals surface area contributed by atoms with Gasteiger partial charge in [-0.05, 0) is 0 Å². The van der Waals surface area contributed by atoms with Crippen LogP contribution in [0.5, 0.6) is 0 Å². The maximum absolute atomic E-state index is 11.5. The van der Waals surface area contributed by atoms with Crippen molar-refractivity contribution in [3.8, 4) is 0 Å². The summed E-state index contributed by atoms with van der Waals surface area (Å²) in [6, 6.07) is 0. The number of carbonyl (C=O) groups excluding carboxylic acids is 2. The molecular weight excluding hydrogens is 223 g/mol. The Hall–Kier alpha value is -0.154. The molecule has 0 heterocycles. The van der Waals surface area contributed by atoms with E-state index < -0.39 is 11.6 Å². The molecule has 0 atom stereocenters.